The lowest BCUT2D eigenvalue weighted by molar-refractivity contribution is -0.124. The Morgan fingerprint density at radius 2 is 2.00 bits per heavy atom. The van der Waals surface area contributed by atoms with Gasteiger partial charge in [0.25, 0.3) is 5.91 Å². The molecule has 0 aliphatic carbocycles. The first-order valence-electron chi connectivity index (χ1n) is 7.22. The summed E-state index contributed by atoms with van der Waals surface area (Å²) in [7, 11) is 0. The first-order chi connectivity index (χ1) is 11.5. The number of pyridine rings is 1. The summed E-state index contributed by atoms with van der Waals surface area (Å²) in [5, 5.41) is 3.37. The van der Waals surface area contributed by atoms with Crippen LogP contribution < -0.4 is 5.32 Å². The van der Waals surface area contributed by atoms with Crippen LogP contribution in [-0.4, -0.2) is 29.7 Å². The third kappa shape index (κ3) is 5.07. The molecule has 0 spiro atoms. The van der Waals surface area contributed by atoms with Gasteiger partial charge in [-0.15, -0.1) is 11.8 Å². The van der Waals surface area contributed by atoms with Crippen LogP contribution in [0.1, 0.15) is 28.9 Å². The molecule has 0 aliphatic heterocycles. The van der Waals surface area contributed by atoms with Crippen molar-refractivity contribution in [3.05, 3.63) is 58.2 Å². The van der Waals surface area contributed by atoms with Gasteiger partial charge in [-0.25, -0.2) is 9.78 Å². The van der Waals surface area contributed by atoms with Gasteiger partial charge in [0, 0.05) is 10.7 Å². The number of halogens is 1. The van der Waals surface area contributed by atoms with Crippen molar-refractivity contribution >= 4 is 39.6 Å². The van der Waals surface area contributed by atoms with E-state index in [2.05, 4.69) is 26.2 Å². The van der Waals surface area contributed by atoms with E-state index in [0.717, 1.165) is 10.0 Å². The minimum Gasteiger partial charge on any atom is -0.452 e. The topological polar surface area (TPSA) is 68.3 Å². The summed E-state index contributed by atoms with van der Waals surface area (Å²) in [5.41, 5.74) is 1.33. The van der Waals surface area contributed by atoms with E-state index in [0.29, 0.717) is 10.6 Å². The highest BCUT2D eigenvalue weighted by atomic mass is 79.9. The van der Waals surface area contributed by atoms with Gasteiger partial charge in [-0.1, -0.05) is 28.1 Å². The summed E-state index contributed by atoms with van der Waals surface area (Å²) < 4.78 is 6.05. The number of hydrogen-bond acceptors (Lipinski definition) is 5. The van der Waals surface area contributed by atoms with Crippen molar-refractivity contribution < 1.29 is 14.3 Å². The summed E-state index contributed by atoms with van der Waals surface area (Å²) in [4.78, 5) is 28.1. The molecule has 1 aromatic heterocycles. The molecule has 24 heavy (non-hydrogen) atoms. The third-order valence-electron chi connectivity index (χ3n) is 3.27. The molecule has 7 heteroatoms. The monoisotopic (exact) mass is 408 g/mol. The maximum atomic E-state index is 12.1. The van der Waals surface area contributed by atoms with Crippen molar-refractivity contribution in [3.8, 4) is 0 Å². The third-order valence-corrected chi connectivity index (χ3v) is 4.51. The maximum Gasteiger partial charge on any atom is 0.341 e. The fourth-order valence-electron chi connectivity index (χ4n) is 2.04. The first kappa shape index (κ1) is 18.5. The Morgan fingerprint density at radius 3 is 2.67 bits per heavy atom. The van der Waals surface area contributed by atoms with E-state index in [1.165, 1.54) is 11.8 Å². The smallest absolute Gasteiger partial charge is 0.341 e. The fraction of sp³-hybridized carbons (Fsp3) is 0.235. The predicted octanol–water partition coefficient (Wildman–Crippen LogP) is 3.60. The van der Waals surface area contributed by atoms with Crippen molar-refractivity contribution in [1.82, 2.24) is 10.3 Å². The Hall–Kier alpha value is -1.86. The van der Waals surface area contributed by atoms with E-state index in [1.54, 1.807) is 18.3 Å². The molecule has 0 fully saturated rings. The number of amides is 1. The second-order valence-corrected chi connectivity index (χ2v) is 6.69. The molecule has 1 atom stereocenters. The van der Waals surface area contributed by atoms with Gasteiger partial charge in [0.15, 0.2) is 6.61 Å². The number of nitrogens with zero attached hydrogens (tertiary/aromatic N) is 1. The van der Waals surface area contributed by atoms with Crippen LogP contribution >= 0.6 is 27.7 Å². The molecule has 1 heterocycles. The van der Waals surface area contributed by atoms with Crippen LogP contribution in [-0.2, 0) is 9.53 Å². The Balaban J connectivity index is 1.88. The summed E-state index contributed by atoms with van der Waals surface area (Å²) in [6.45, 7) is 1.54. The van der Waals surface area contributed by atoms with Crippen molar-refractivity contribution in [2.45, 2.75) is 18.0 Å². The van der Waals surface area contributed by atoms with Crippen molar-refractivity contribution in [2.75, 3.05) is 12.9 Å². The van der Waals surface area contributed by atoms with Crippen LogP contribution in [0, 0.1) is 0 Å². The highest BCUT2D eigenvalue weighted by Crippen LogP contribution is 2.18. The lowest BCUT2D eigenvalue weighted by Gasteiger charge is -2.14. The largest absolute Gasteiger partial charge is 0.452 e. The van der Waals surface area contributed by atoms with Gasteiger partial charge in [-0.05, 0) is 43.0 Å². The molecule has 126 valence electrons. The van der Waals surface area contributed by atoms with Crippen molar-refractivity contribution in [2.24, 2.45) is 0 Å². The average Bonchev–Trinajstić information content (AvgIpc) is 2.60. The second-order valence-electron chi connectivity index (χ2n) is 4.98. The molecule has 2 rings (SSSR count). The molecule has 0 radical (unpaired) electrons. The Bertz CT molecular complexity index is 722. The minimum atomic E-state index is -0.557. The van der Waals surface area contributed by atoms with Crippen molar-refractivity contribution in [3.63, 3.8) is 0 Å². The number of thioether (sulfide) groups is 1. The zero-order valence-corrected chi connectivity index (χ0v) is 15.7. The molecule has 0 bridgehead atoms. The summed E-state index contributed by atoms with van der Waals surface area (Å²) in [5.74, 6) is -0.910. The number of benzene rings is 1. The maximum absolute atomic E-state index is 12.1. The van der Waals surface area contributed by atoms with Gasteiger partial charge in [0.1, 0.15) is 5.03 Å². The summed E-state index contributed by atoms with van der Waals surface area (Å²) in [6, 6.07) is 10.8. The number of carbonyl (C=O) groups is 2. The zero-order valence-electron chi connectivity index (χ0n) is 13.3. The number of esters is 1. The van der Waals surface area contributed by atoms with Crippen molar-refractivity contribution in [1.29, 1.82) is 0 Å². The molecule has 1 N–H and O–H groups in total. The fourth-order valence-corrected chi connectivity index (χ4v) is 2.84. The first-order valence-corrected chi connectivity index (χ1v) is 9.24. The molecule has 2 aromatic rings. The van der Waals surface area contributed by atoms with Crippen LogP contribution in [0.2, 0.25) is 0 Å². The average molecular weight is 409 g/mol. The van der Waals surface area contributed by atoms with E-state index in [-0.39, 0.29) is 18.6 Å². The number of hydrogen-bond donors (Lipinski definition) is 1. The van der Waals surface area contributed by atoms with Crippen LogP contribution in [0.25, 0.3) is 0 Å². The van der Waals surface area contributed by atoms with Crippen LogP contribution in [0.5, 0.6) is 0 Å². The molecule has 0 saturated carbocycles. The lowest BCUT2D eigenvalue weighted by atomic mass is 10.1. The summed E-state index contributed by atoms with van der Waals surface area (Å²) >= 11 is 4.72. The van der Waals surface area contributed by atoms with Gasteiger partial charge in [0.2, 0.25) is 0 Å². The van der Waals surface area contributed by atoms with Gasteiger partial charge in [-0.2, -0.15) is 0 Å². The number of ether oxygens (including phenoxy) is 1. The highest BCUT2D eigenvalue weighted by molar-refractivity contribution is 9.10. The number of rotatable bonds is 6. The molecule has 1 amide bonds. The van der Waals surface area contributed by atoms with E-state index in [9.17, 15) is 9.59 Å². The Morgan fingerprint density at radius 1 is 1.29 bits per heavy atom. The Kier molecular flexibility index (Phi) is 6.81. The SMILES string of the molecule is CSc1ncccc1C(=O)OCC(=O)N[C@@H](C)c1ccc(Br)cc1. The molecule has 0 unspecified atom stereocenters. The molecule has 0 aliphatic rings. The van der Waals surface area contributed by atoms with Crippen LogP contribution in [0.15, 0.2) is 52.1 Å². The standard InChI is InChI=1S/C17H17BrN2O3S/c1-11(12-5-7-13(18)8-6-12)20-15(21)10-23-17(22)14-4-3-9-19-16(14)24-2/h3-9,11H,10H2,1-2H3,(H,20,21)/t11-/m0/s1. The van der Waals surface area contributed by atoms with Gasteiger partial charge in [-0.3, -0.25) is 4.79 Å². The lowest BCUT2D eigenvalue weighted by Crippen LogP contribution is -2.31. The van der Waals surface area contributed by atoms with E-state index >= 15 is 0 Å². The van der Waals surface area contributed by atoms with E-state index in [1.807, 2.05) is 37.4 Å². The number of aromatic nitrogens is 1. The highest BCUT2D eigenvalue weighted by Gasteiger charge is 2.16. The van der Waals surface area contributed by atoms with Gasteiger partial charge >= 0.3 is 5.97 Å². The van der Waals surface area contributed by atoms with E-state index < -0.39 is 5.97 Å². The minimum absolute atomic E-state index is 0.176. The van der Waals surface area contributed by atoms with Crippen LogP contribution in [0.3, 0.4) is 0 Å². The molecule has 0 saturated heterocycles. The molecule has 1 aromatic carbocycles. The van der Waals surface area contributed by atoms with Gasteiger partial charge < -0.3 is 10.1 Å². The van der Waals surface area contributed by atoms with Gasteiger partial charge in [0.05, 0.1) is 11.6 Å². The zero-order chi connectivity index (χ0) is 17.5. The molecular weight excluding hydrogens is 392 g/mol. The number of carbonyl (C=O) groups excluding carboxylic acids is 2. The summed E-state index contributed by atoms with van der Waals surface area (Å²) in [6.07, 6.45) is 3.43. The quantitative estimate of drug-likeness (QED) is 0.583. The second kappa shape index (κ2) is 8.84. The van der Waals surface area contributed by atoms with Crippen LogP contribution in [0.4, 0.5) is 0 Å². The Labute approximate surface area is 153 Å². The number of nitrogens with one attached hydrogen (secondary N) is 1. The predicted molar refractivity (Wildman–Crippen MR) is 97.0 cm³/mol. The van der Waals surface area contributed by atoms with E-state index in [4.69, 9.17) is 4.74 Å². The normalized spacial score (nSPS) is 11.6. The molecular formula is C17H17BrN2O3S. The molecule has 5 nitrogen and oxygen atoms in total.